The van der Waals surface area contributed by atoms with Crippen LogP contribution in [0.25, 0.3) is 0 Å². The third-order valence-corrected chi connectivity index (χ3v) is 2.89. The highest BCUT2D eigenvalue weighted by Crippen LogP contribution is 2.04. The van der Waals surface area contributed by atoms with Crippen LogP contribution in [0.5, 0.6) is 0 Å². The molecular weight excluding hydrogens is 242 g/mol. The van der Waals surface area contributed by atoms with E-state index in [9.17, 15) is 0 Å². The Bertz CT molecular complexity index is 377. The minimum atomic E-state index is 0.137. The molecule has 0 saturated heterocycles. The summed E-state index contributed by atoms with van der Waals surface area (Å²) in [4.78, 5) is 0. The first-order chi connectivity index (χ1) is 9.27. The Morgan fingerprint density at radius 2 is 2.00 bits per heavy atom. The van der Waals surface area contributed by atoms with E-state index < -0.39 is 0 Å². The molecule has 0 amide bonds. The van der Waals surface area contributed by atoms with Crippen molar-refractivity contribution in [1.82, 2.24) is 5.32 Å². The van der Waals surface area contributed by atoms with Crippen LogP contribution in [0, 0.1) is 0 Å². The number of methoxy groups -OCH3 is 1. The number of nitrogens with one attached hydrogen (secondary N) is 1. The maximum atomic E-state index is 8.56. The first kappa shape index (κ1) is 15.5. The largest absolute Gasteiger partial charge is 0.409 e. The Labute approximate surface area is 114 Å². The molecule has 0 aromatic heterocycles. The van der Waals surface area contributed by atoms with Crippen LogP contribution in [-0.4, -0.2) is 31.3 Å². The summed E-state index contributed by atoms with van der Waals surface area (Å²) in [6.45, 7) is 2.68. The molecule has 19 heavy (non-hydrogen) atoms. The number of nitrogens with zero attached hydrogens (tertiary/aromatic N) is 1. The van der Waals surface area contributed by atoms with Gasteiger partial charge in [0.25, 0.3) is 0 Å². The van der Waals surface area contributed by atoms with E-state index in [1.54, 1.807) is 7.11 Å². The molecule has 0 spiro atoms. The number of benzene rings is 1. The van der Waals surface area contributed by atoms with Crippen molar-refractivity contribution in [2.24, 2.45) is 10.9 Å². The molecule has 0 aliphatic rings. The quantitative estimate of drug-likeness (QED) is 0.209. The summed E-state index contributed by atoms with van der Waals surface area (Å²) in [5.74, 6) is 0.137. The van der Waals surface area contributed by atoms with Gasteiger partial charge in [-0.2, -0.15) is 0 Å². The van der Waals surface area contributed by atoms with Crippen molar-refractivity contribution in [1.29, 1.82) is 0 Å². The Morgan fingerprint density at radius 3 is 2.63 bits per heavy atom. The Balaban J connectivity index is 2.19. The van der Waals surface area contributed by atoms with Gasteiger partial charge >= 0.3 is 0 Å². The van der Waals surface area contributed by atoms with Gasteiger partial charge in [0.2, 0.25) is 0 Å². The fourth-order valence-corrected chi connectivity index (χ4v) is 1.76. The van der Waals surface area contributed by atoms with E-state index in [0.29, 0.717) is 0 Å². The van der Waals surface area contributed by atoms with E-state index in [1.165, 1.54) is 12.0 Å². The zero-order valence-electron chi connectivity index (χ0n) is 11.4. The van der Waals surface area contributed by atoms with Crippen LogP contribution in [0.15, 0.2) is 29.4 Å². The van der Waals surface area contributed by atoms with Crippen molar-refractivity contribution in [2.45, 2.75) is 25.8 Å². The minimum Gasteiger partial charge on any atom is -0.409 e. The number of unbranched alkanes of at least 4 members (excludes halogenated alkanes) is 2. The summed E-state index contributed by atoms with van der Waals surface area (Å²) in [7, 11) is 1.73. The topological polar surface area (TPSA) is 79.9 Å². The first-order valence-corrected chi connectivity index (χ1v) is 6.54. The van der Waals surface area contributed by atoms with Crippen LogP contribution in [0.2, 0.25) is 0 Å². The summed E-state index contributed by atoms with van der Waals surface area (Å²) in [5.41, 5.74) is 7.41. The summed E-state index contributed by atoms with van der Waals surface area (Å²) in [6, 6.07) is 7.66. The van der Waals surface area contributed by atoms with E-state index in [2.05, 4.69) is 10.5 Å². The van der Waals surface area contributed by atoms with Crippen LogP contribution < -0.4 is 11.1 Å². The van der Waals surface area contributed by atoms with Gasteiger partial charge < -0.3 is 21.0 Å². The van der Waals surface area contributed by atoms with Crippen LogP contribution in [0.4, 0.5) is 0 Å². The molecule has 4 N–H and O–H groups in total. The second kappa shape index (κ2) is 9.35. The Hall–Kier alpha value is -1.59. The lowest BCUT2D eigenvalue weighted by Crippen LogP contribution is -2.16. The second-order valence-corrected chi connectivity index (χ2v) is 4.41. The highest BCUT2D eigenvalue weighted by Gasteiger charge is 1.99. The van der Waals surface area contributed by atoms with Crippen LogP contribution in [0.3, 0.4) is 0 Å². The molecule has 0 aliphatic heterocycles. The van der Waals surface area contributed by atoms with E-state index in [1.807, 2.05) is 24.3 Å². The van der Waals surface area contributed by atoms with Gasteiger partial charge in [0.1, 0.15) is 0 Å². The lowest BCUT2D eigenvalue weighted by Gasteiger charge is -2.06. The molecule has 0 unspecified atom stereocenters. The van der Waals surface area contributed by atoms with E-state index in [-0.39, 0.29) is 5.84 Å². The van der Waals surface area contributed by atoms with Crippen molar-refractivity contribution < 1.29 is 9.94 Å². The normalized spacial score (nSPS) is 11.7. The maximum Gasteiger partial charge on any atom is 0.170 e. The van der Waals surface area contributed by atoms with Gasteiger partial charge in [0.05, 0.1) is 0 Å². The number of nitrogens with two attached hydrogens (primary N) is 1. The van der Waals surface area contributed by atoms with Crippen LogP contribution >= 0.6 is 0 Å². The molecular formula is C14H23N3O2. The number of rotatable bonds is 9. The molecule has 5 heteroatoms. The van der Waals surface area contributed by atoms with Gasteiger partial charge in [-0.15, -0.1) is 0 Å². The summed E-state index contributed by atoms with van der Waals surface area (Å²) in [5, 5.41) is 14.9. The van der Waals surface area contributed by atoms with Gasteiger partial charge in [-0.05, 0) is 31.4 Å². The minimum absolute atomic E-state index is 0.137. The van der Waals surface area contributed by atoms with Crippen molar-refractivity contribution in [3.8, 4) is 0 Å². The maximum absolute atomic E-state index is 8.56. The van der Waals surface area contributed by atoms with E-state index >= 15 is 0 Å². The van der Waals surface area contributed by atoms with Gasteiger partial charge in [0, 0.05) is 25.8 Å². The van der Waals surface area contributed by atoms with Gasteiger partial charge in [-0.3, -0.25) is 0 Å². The number of hydrogen-bond acceptors (Lipinski definition) is 4. The average molecular weight is 265 g/mol. The van der Waals surface area contributed by atoms with Crippen molar-refractivity contribution >= 4 is 5.84 Å². The summed E-state index contributed by atoms with van der Waals surface area (Å²) >= 11 is 0. The van der Waals surface area contributed by atoms with Crippen molar-refractivity contribution in [3.05, 3.63) is 35.4 Å². The zero-order valence-corrected chi connectivity index (χ0v) is 11.4. The SMILES string of the molecule is COCCCCCNCc1ccc(/C(N)=N/O)cc1. The predicted octanol–water partition coefficient (Wildman–Crippen LogP) is 1.69. The molecule has 0 aliphatic carbocycles. The molecule has 0 bridgehead atoms. The average Bonchev–Trinajstić information content (AvgIpc) is 2.46. The predicted molar refractivity (Wildman–Crippen MR) is 76.4 cm³/mol. The summed E-state index contributed by atoms with van der Waals surface area (Å²) in [6.07, 6.45) is 3.46. The third-order valence-electron chi connectivity index (χ3n) is 2.89. The smallest absolute Gasteiger partial charge is 0.170 e. The monoisotopic (exact) mass is 265 g/mol. The fourth-order valence-electron chi connectivity index (χ4n) is 1.76. The lowest BCUT2D eigenvalue weighted by atomic mass is 10.1. The molecule has 0 atom stereocenters. The summed E-state index contributed by atoms with van der Waals surface area (Å²) < 4.78 is 5.00. The molecule has 0 heterocycles. The zero-order chi connectivity index (χ0) is 13.9. The number of ether oxygens (including phenoxy) is 1. The molecule has 0 saturated carbocycles. The standard InChI is InChI=1S/C14H23N3O2/c1-19-10-4-2-3-9-16-11-12-5-7-13(8-6-12)14(15)17-18/h5-8,16,18H,2-4,9-11H2,1H3,(H2,15,17). The number of hydrogen-bond donors (Lipinski definition) is 3. The molecule has 0 fully saturated rings. The fraction of sp³-hybridized carbons (Fsp3) is 0.500. The first-order valence-electron chi connectivity index (χ1n) is 6.54. The molecule has 106 valence electrons. The number of oxime groups is 1. The lowest BCUT2D eigenvalue weighted by molar-refractivity contribution is 0.192. The van der Waals surface area contributed by atoms with E-state index in [0.717, 1.165) is 38.1 Å². The second-order valence-electron chi connectivity index (χ2n) is 4.41. The Morgan fingerprint density at radius 1 is 1.26 bits per heavy atom. The third kappa shape index (κ3) is 6.22. The van der Waals surface area contributed by atoms with Crippen molar-refractivity contribution in [3.63, 3.8) is 0 Å². The highest BCUT2D eigenvalue weighted by molar-refractivity contribution is 5.96. The van der Waals surface area contributed by atoms with Crippen LogP contribution in [0.1, 0.15) is 30.4 Å². The van der Waals surface area contributed by atoms with Crippen LogP contribution in [-0.2, 0) is 11.3 Å². The van der Waals surface area contributed by atoms with Gasteiger partial charge in [0.15, 0.2) is 5.84 Å². The molecule has 1 rings (SSSR count). The van der Waals surface area contributed by atoms with Gasteiger partial charge in [-0.25, -0.2) is 0 Å². The molecule has 5 nitrogen and oxygen atoms in total. The molecule has 0 radical (unpaired) electrons. The van der Waals surface area contributed by atoms with Gasteiger partial charge in [-0.1, -0.05) is 29.4 Å². The highest BCUT2D eigenvalue weighted by atomic mass is 16.5. The van der Waals surface area contributed by atoms with E-state index in [4.69, 9.17) is 15.7 Å². The Kier molecular flexibility index (Phi) is 7.62. The molecule has 1 aromatic carbocycles. The van der Waals surface area contributed by atoms with Crippen molar-refractivity contribution in [2.75, 3.05) is 20.3 Å². The number of amidine groups is 1. The molecule has 1 aromatic rings.